The second kappa shape index (κ2) is 7.16. The monoisotopic (exact) mass is 391 g/mol. The second-order valence-corrected chi connectivity index (χ2v) is 7.49. The number of carbonyl (C=O) groups is 2. The molecule has 9 nitrogen and oxygen atoms in total. The maximum Gasteiger partial charge on any atom is 0.227 e. The first-order chi connectivity index (χ1) is 14.2. The molecule has 2 aliphatic rings. The highest BCUT2D eigenvalue weighted by Crippen LogP contribution is 2.26. The molecule has 29 heavy (non-hydrogen) atoms. The zero-order valence-electron chi connectivity index (χ0n) is 15.8. The van der Waals surface area contributed by atoms with Crippen molar-refractivity contribution in [1.29, 1.82) is 0 Å². The molecule has 0 aliphatic carbocycles. The maximum absolute atomic E-state index is 12.8. The van der Waals surface area contributed by atoms with Gasteiger partial charge in [-0.2, -0.15) is 0 Å². The van der Waals surface area contributed by atoms with Gasteiger partial charge in [-0.25, -0.2) is 4.98 Å². The average Bonchev–Trinajstić information content (AvgIpc) is 3.47. The van der Waals surface area contributed by atoms with Gasteiger partial charge >= 0.3 is 0 Å². The SMILES string of the molecule is O=C(N[C@@H]1CCN(c2nccn3cnnc23)C1)[C@@H]1CC(=O)N(c2ccccc2)C1. The van der Waals surface area contributed by atoms with Crippen molar-refractivity contribution in [3.63, 3.8) is 0 Å². The van der Waals surface area contributed by atoms with Crippen molar-refractivity contribution in [3.05, 3.63) is 49.1 Å². The second-order valence-electron chi connectivity index (χ2n) is 7.49. The lowest BCUT2D eigenvalue weighted by Gasteiger charge is -2.19. The van der Waals surface area contributed by atoms with E-state index in [4.69, 9.17) is 0 Å². The Hall–Kier alpha value is -3.49. The number of hydrogen-bond donors (Lipinski definition) is 1. The molecule has 2 atom stereocenters. The van der Waals surface area contributed by atoms with E-state index in [9.17, 15) is 9.59 Å². The minimum atomic E-state index is -0.324. The number of rotatable bonds is 4. The molecule has 0 radical (unpaired) electrons. The first-order valence-corrected chi connectivity index (χ1v) is 9.74. The highest BCUT2D eigenvalue weighted by atomic mass is 16.2. The number of amides is 2. The summed E-state index contributed by atoms with van der Waals surface area (Å²) in [5.41, 5.74) is 1.55. The normalized spacial score (nSPS) is 21.9. The van der Waals surface area contributed by atoms with Crippen LogP contribution in [-0.2, 0) is 9.59 Å². The van der Waals surface area contributed by atoms with Gasteiger partial charge in [-0.15, -0.1) is 10.2 Å². The number of nitrogens with zero attached hydrogens (tertiary/aromatic N) is 6. The molecule has 2 aliphatic heterocycles. The van der Waals surface area contributed by atoms with Gasteiger partial charge in [0.2, 0.25) is 17.5 Å². The fourth-order valence-corrected chi connectivity index (χ4v) is 4.10. The summed E-state index contributed by atoms with van der Waals surface area (Å²) in [6.07, 6.45) is 6.25. The lowest BCUT2D eigenvalue weighted by molar-refractivity contribution is -0.126. The van der Waals surface area contributed by atoms with Gasteiger partial charge in [-0.3, -0.25) is 14.0 Å². The first kappa shape index (κ1) is 17.6. The van der Waals surface area contributed by atoms with E-state index in [0.29, 0.717) is 18.7 Å². The molecule has 2 saturated heterocycles. The van der Waals surface area contributed by atoms with Crippen LogP contribution in [0, 0.1) is 5.92 Å². The van der Waals surface area contributed by atoms with E-state index < -0.39 is 0 Å². The van der Waals surface area contributed by atoms with Gasteiger partial charge < -0.3 is 15.1 Å². The van der Waals surface area contributed by atoms with Gasteiger partial charge in [-0.05, 0) is 18.6 Å². The Labute approximate surface area is 167 Å². The van der Waals surface area contributed by atoms with Crippen molar-refractivity contribution in [3.8, 4) is 0 Å². The predicted octanol–water partition coefficient (Wildman–Crippen LogP) is 0.872. The van der Waals surface area contributed by atoms with Crippen molar-refractivity contribution in [2.75, 3.05) is 29.4 Å². The molecule has 0 saturated carbocycles. The van der Waals surface area contributed by atoms with Crippen LogP contribution in [0.4, 0.5) is 11.5 Å². The summed E-state index contributed by atoms with van der Waals surface area (Å²) in [4.78, 5) is 33.4. The number of para-hydroxylation sites is 1. The molecule has 9 heteroatoms. The van der Waals surface area contributed by atoms with Crippen molar-refractivity contribution in [1.82, 2.24) is 24.9 Å². The lowest BCUT2D eigenvalue weighted by atomic mass is 10.1. The molecule has 2 amide bonds. The quantitative estimate of drug-likeness (QED) is 0.709. The average molecular weight is 391 g/mol. The molecule has 0 bridgehead atoms. The number of aromatic nitrogens is 4. The van der Waals surface area contributed by atoms with Crippen molar-refractivity contribution < 1.29 is 9.59 Å². The largest absolute Gasteiger partial charge is 0.351 e. The van der Waals surface area contributed by atoms with Crippen molar-refractivity contribution in [2.24, 2.45) is 5.92 Å². The van der Waals surface area contributed by atoms with Crippen LogP contribution in [0.15, 0.2) is 49.1 Å². The zero-order valence-corrected chi connectivity index (χ0v) is 15.8. The van der Waals surface area contributed by atoms with Crippen LogP contribution in [0.25, 0.3) is 5.65 Å². The summed E-state index contributed by atoms with van der Waals surface area (Å²) in [7, 11) is 0. The number of carbonyl (C=O) groups excluding carboxylic acids is 2. The summed E-state index contributed by atoms with van der Waals surface area (Å²) in [6, 6.07) is 9.51. The van der Waals surface area contributed by atoms with Gasteiger partial charge in [0.15, 0.2) is 5.82 Å². The van der Waals surface area contributed by atoms with Crippen LogP contribution < -0.4 is 15.1 Å². The molecule has 1 aromatic carbocycles. The van der Waals surface area contributed by atoms with Gasteiger partial charge in [0.05, 0.1) is 5.92 Å². The zero-order chi connectivity index (χ0) is 19.8. The summed E-state index contributed by atoms with van der Waals surface area (Å²) in [5, 5.41) is 11.2. The molecule has 4 heterocycles. The summed E-state index contributed by atoms with van der Waals surface area (Å²) >= 11 is 0. The van der Waals surface area contributed by atoms with Crippen LogP contribution in [0.3, 0.4) is 0 Å². The molecule has 5 rings (SSSR count). The van der Waals surface area contributed by atoms with Gasteiger partial charge in [0, 0.05) is 50.2 Å². The minimum Gasteiger partial charge on any atom is -0.351 e. The van der Waals surface area contributed by atoms with E-state index in [1.165, 1.54) is 0 Å². The van der Waals surface area contributed by atoms with Crippen molar-refractivity contribution >= 4 is 29.0 Å². The Morgan fingerprint density at radius 1 is 1.17 bits per heavy atom. The molecular weight excluding hydrogens is 370 g/mol. The fraction of sp³-hybridized carbons (Fsp3) is 0.350. The number of benzene rings is 1. The van der Waals surface area contributed by atoms with Crippen LogP contribution in [-0.4, -0.2) is 57.1 Å². The number of nitrogens with one attached hydrogen (secondary N) is 1. The summed E-state index contributed by atoms with van der Waals surface area (Å²) < 4.78 is 1.83. The maximum atomic E-state index is 12.8. The first-order valence-electron chi connectivity index (χ1n) is 9.74. The standard InChI is InChI=1S/C20H21N7O2/c28-17-10-14(11-27(17)16-4-2-1-3-5-16)20(29)23-15-6-8-25(12-15)18-19-24-22-13-26(19)9-7-21-18/h1-5,7,9,13-15H,6,8,10-12H2,(H,23,29)/t14-,15-/m1/s1. The Morgan fingerprint density at radius 2 is 2.03 bits per heavy atom. The summed E-state index contributed by atoms with van der Waals surface area (Å²) in [5.74, 6) is 0.382. The van der Waals surface area contributed by atoms with E-state index in [1.807, 2.05) is 40.9 Å². The topological polar surface area (TPSA) is 95.7 Å². The van der Waals surface area contributed by atoms with Gasteiger partial charge in [0.25, 0.3) is 0 Å². The van der Waals surface area contributed by atoms with Crippen LogP contribution in [0.2, 0.25) is 0 Å². The van der Waals surface area contributed by atoms with E-state index in [2.05, 4.69) is 25.4 Å². The third kappa shape index (κ3) is 3.28. The van der Waals surface area contributed by atoms with Gasteiger partial charge in [0.1, 0.15) is 6.33 Å². The van der Waals surface area contributed by atoms with Gasteiger partial charge in [-0.1, -0.05) is 18.2 Å². The Morgan fingerprint density at radius 3 is 2.90 bits per heavy atom. The fourth-order valence-electron chi connectivity index (χ4n) is 4.10. The van der Waals surface area contributed by atoms with E-state index in [0.717, 1.165) is 24.5 Å². The lowest BCUT2D eigenvalue weighted by Crippen LogP contribution is -2.41. The Bertz CT molecular complexity index is 1050. The molecule has 2 fully saturated rings. The predicted molar refractivity (Wildman–Crippen MR) is 106 cm³/mol. The Balaban J connectivity index is 1.22. The third-order valence-electron chi connectivity index (χ3n) is 5.60. The number of fused-ring (bicyclic) bond motifs is 1. The number of hydrogen-bond acceptors (Lipinski definition) is 6. The van der Waals surface area contributed by atoms with Crippen LogP contribution in [0.1, 0.15) is 12.8 Å². The molecule has 0 spiro atoms. The molecule has 3 aromatic rings. The van der Waals surface area contributed by atoms with E-state index in [-0.39, 0.29) is 30.2 Å². The van der Waals surface area contributed by atoms with Crippen LogP contribution >= 0.6 is 0 Å². The molecule has 1 N–H and O–H groups in total. The Kier molecular flexibility index (Phi) is 4.34. The molecule has 0 unspecified atom stereocenters. The third-order valence-corrected chi connectivity index (χ3v) is 5.60. The number of anilines is 2. The minimum absolute atomic E-state index is 0.00733. The van der Waals surface area contributed by atoms with E-state index >= 15 is 0 Å². The van der Waals surface area contributed by atoms with Crippen LogP contribution in [0.5, 0.6) is 0 Å². The summed E-state index contributed by atoms with van der Waals surface area (Å²) in [6.45, 7) is 1.87. The highest BCUT2D eigenvalue weighted by molar-refractivity contribution is 6.00. The highest BCUT2D eigenvalue weighted by Gasteiger charge is 2.36. The molecule has 148 valence electrons. The molecule has 2 aromatic heterocycles. The molecular formula is C20H21N7O2. The van der Waals surface area contributed by atoms with E-state index in [1.54, 1.807) is 17.4 Å². The smallest absolute Gasteiger partial charge is 0.227 e. The van der Waals surface area contributed by atoms with Crippen molar-refractivity contribution in [2.45, 2.75) is 18.9 Å².